The van der Waals surface area contributed by atoms with Gasteiger partial charge in [0.15, 0.2) is 0 Å². The Labute approximate surface area is 135 Å². The van der Waals surface area contributed by atoms with Crippen LogP contribution < -0.4 is 14.8 Å². The average Bonchev–Trinajstić information content (AvgIpc) is 2.45. The molecule has 8 heteroatoms. The second-order valence-electron chi connectivity index (χ2n) is 4.48. The lowest BCUT2D eigenvalue weighted by atomic mass is 10.1. The fourth-order valence-electron chi connectivity index (χ4n) is 1.93. The number of phenolic OH excluding ortho intramolecular Hbond substituents is 1. The number of phenols is 1. The van der Waals surface area contributed by atoms with Crippen molar-refractivity contribution in [2.75, 3.05) is 12.4 Å². The molecule has 0 radical (unpaired) electrons. The molecule has 0 heterocycles. The van der Waals surface area contributed by atoms with Gasteiger partial charge in [-0.15, -0.1) is 13.2 Å². The van der Waals surface area contributed by atoms with Crippen molar-refractivity contribution in [1.29, 1.82) is 0 Å². The zero-order valence-electron chi connectivity index (χ0n) is 11.9. The number of aromatic hydroxyl groups is 1. The first-order valence-electron chi connectivity index (χ1n) is 6.47. The summed E-state index contributed by atoms with van der Waals surface area (Å²) in [6.45, 7) is -0.201. The van der Waals surface area contributed by atoms with Crippen LogP contribution in [-0.4, -0.2) is 18.5 Å². The van der Waals surface area contributed by atoms with Crippen LogP contribution in [0.3, 0.4) is 0 Å². The van der Waals surface area contributed by atoms with E-state index < -0.39 is 6.36 Å². The van der Waals surface area contributed by atoms with Crippen LogP contribution in [0, 0.1) is 0 Å². The maximum Gasteiger partial charge on any atom is 0.573 e. The zero-order valence-corrected chi connectivity index (χ0v) is 12.7. The number of nitrogens with one attached hydrogen (secondary N) is 1. The SMILES string of the molecule is CNc1cccc(OC(F)(F)F)c1COc1ccc(O)cc1Cl. The largest absolute Gasteiger partial charge is 0.573 e. The summed E-state index contributed by atoms with van der Waals surface area (Å²) in [5.74, 6) is -0.174. The Balaban J connectivity index is 2.26. The van der Waals surface area contributed by atoms with Crippen LogP contribution >= 0.6 is 11.6 Å². The Morgan fingerprint density at radius 1 is 1.17 bits per heavy atom. The highest BCUT2D eigenvalue weighted by atomic mass is 35.5. The lowest BCUT2D eigenvalue weighted by Crippen LogP contribution is -2.19. The highest BCUT2D eigenvalue weighted by molar-refractivity contribution is 6.32. The predicted octanol–water partition coefficient (Wildman–Crippen LogP) is 4.56. The van der Waals surface area contributed by atoms with E-state index in [0.29, 0.717) is 5.69 Å². The van der Waals surface area contributed by atoms with Crippen LogP contribution in [0.25, 0.3) is 0 Å². The van der Waals surface area contributed by atoms with E-state index in [1.165, 1.54) is 30.3 Å². The molecule has 0 bridgehead atoms. The Hall–Kier alpha value is -2.28. The number of halogens is 4. The molecule has 0 aliphatic rings. The predicted molar refractivity (Wildman–Crippen MR) is 80.1 cm³/mol. The molecule has 0 saturated carbocycles. The van der Waals surface area contributed by atoms with Crippen LogP contribution in [0.2, 0.25) is 5.02 Å². The van der Waals surface area contributed by atoms with E-state index in [9.17, 15) is 18.3 Å². The van der Waals surface area contributed by atoms with Crippen LogP contribution in [-0.2, 0) is 6.61 Å². The van der Waals surface area contributed by atoms with E-state index in [2.05, 4.69) is 10.1 Å². The van der Waals surface area contributed by atoms with Gasteiger partial charge in [0.05, 0.1) is 10.6 Å². The fourth-order valence-corrected chi connectivity index (χ4v) is 2.16. The summed E-state index contributed by atoms with van der Waals surface area (Å²) in [5.41, 5.74) is 0.623. The average molecular weight is 348 g/mol. The molecular weight excluding hydrogens is 335 g/mol. The Kier molecular flexibility index (Phi) is 5.10. The number of alkyl halides is 3. The van der Waals surface area contributed by atoms with Crippen LogP contribution in [0.15, 0.2) is 36.4 Å². The minimum atomic E-state index is -4.81. The smallest absolute Gasteiger partial charge is 0.508 e. The van der Waals surface area contributed by atoms with E-state index in [1.807, 2.05) is 0 Å². The van der Waals surface area contributed by atoms with Gasteiger partial charge in [-0.3, -0.25) is 0 Å². The van der Waals surface area contributed by atoms with Crippen molar-refractivity contribution in [2.24, 2.45) is 0 Å². The third kappa shape index (κ3) is 4.59. The lowest BCUT2D eigenvalue weighted by Gasteiger charge is -2.17. The molecule has 4 nitrogen and oxygen atoms in total. The summed E-state index contributed by atoms with van der Waals surface area (Å²) in [5, 5.41) is 12.2. The molecule has 2 aromatic carbocycles. The molecule has 0 atom stereocenters. The molecule has 2 aromatic rings. The lowest BCUT2D eigenvalue weighted by molar-refractivity contribution is -0.275. The second-order valence-corrected chi connectivity index (χ2v) is 4.89. The van der Waals surface area contributed by atoms with Gasteiger partial charge in [0.1, 0.15) is 23.9 Å². The van der Waals surface area contributed by atoms with Crippen LogP contribution in [0.5, 0.6) is 17.2 Å². The van der Waals surface area contributed by atoms with Gasteiger partial charge in [-0.2, -0.15) is 0 Å². The number of rotatable bonds is 5. The number of hydrogen-bond acceptors (Lipinski definition) is 4. The van der Waals surface area contributed by atoms with E-state index in [4.69, 9.17) is 16.3 Å². The summed E-state index contributed by atoms with van der Waals surface area (Å²) in [7, 11) is 1.57. The molecule has 0 aliphatic heterocycles. The number of ether oxygens (including phenoxy) is 2. The molecule has 2 N–H and O–H groups in total. The molecule has 23 heavy (non-hydrogen) atoms. The minimum Gasteiger partial charge on any atom is -0.508 e. The topological polar surface area (TPSA) is 50.7 Å². The molecule has 0 amide bonds. The summed E-state index contributed by atoms with van der Waals surface area (Å²) in [4.78, 5) is 0. The van der Waals surface area contributed by atoms with Gasteiger partial charge < -0.3 is 19.9 Å². The van der Waals surface area contributed by atoms with Crippen molar-refractivity contribution < 1.29 is 27.8 Å². The van der Waals surface area contributed by atoms with Gasteiger partial charge >= 0.3 is 6.36 Å². The van der Waals surface area contributed by atoms with Crippen molar-refractivity contribution in [3.8, 4) is 17.2 Å². The molecule has 124 valence electrons. The summed E-state index contributed by atoms with van der Waals surface area (Å²) < 4.78 is 47.0. The van der Waals surface area contributed by atoms with Gasteiger partial charge in [0.25, 0.3) is 0 Å². The van der Waals surface area contributed by atoms with E-state index >= 15 is 0 Å². The first-order chi connectivity index (χ1) is 10.8. The van der Waals surface area contributed by atoms with Gasteiger partial charge in [-0.05, 0) is 24.3 Å². The molecular formula is C15H13ClF3NO3. The maximum atomic E-state index is 12.5. The third-order valence-corrected chi connectivity index (χ3v) is 3.21. The Morgan fingerprint density at radius 3 is 2.52 bits per heavy atom. The molecule has 0 fully saturated rings. The molecule has 0 aromatic heterocycles. The first-order valence-corrected chi connectivity index (χ1v) is 6.84. The highest BCUT2D eigenvalue weighted by Gasteiger charge is 2.32. The number of anilines is 1. The summed E-state index contributed by atoms with van der Waals surface area (Å²) >= 11 is 5.90. The monoisotopic (exact) mass is 347 g/mol. The summed E-state index contributed by atoms with van der Waals surface area (Å²) in [6.07, 6.45) is -4.81. The zero-order chi connectivity index (χ0) is 17.0. The fraction of sp³-hybridized carbons (Fsp3) is 0.200. The minimum absolute atomic E-state index is 0.0425. The molecule has 0 saturated heterocycles. The highest BCUT2D eigenvalue weighted by Crippen LogP contribution is 2.34. The van der Waals surface area contributed by atoms with Crippen molar-refractivity contribution in [2.45, 2.75) is 13.0 Å². The molecule has 0 aliphatic carbocycles. The van der Waals surface area contributed by atoms with Crippen molar-refractivity contribution >= 4 is 17.3 Å². The van der Waals surface area contributed by atoms with Crippen molar-refractivity contribution in [1.82, 2.24) is 0 Å². The van der Waals surface area contributed by atoms with Crippen molar-refractivity contribution in [3.05, 3.63) is 47.0 Å². The van der Waals surface area contributed by atoms with E-state index in [-0.39, 0.29) is 34.4 Å². The van der Waals surface area contributed by atoms with Gasteiger partial charge in [0, 0.05) is 18.8 Å². The first kappa shape index (κ1) is 17.1. The quantitative estimate of drug-likeness (QED) is 0.832. The van der Waals surface area contributed by atoms with Crippen molar-refractivity contribution in [3.63, 3.8) is 0 Å². The Morgan fingerprint density at radius 2 is 1.91 bits per heavy atom. The van der Waals surface area contributed by atoms with E-state index in [0.717, 1.165) is 0 Å². The standard InChI is InChI=1S/C15H13ClF3NO3/c1-20-12-3-2-4-13(23-15(17,18)19)10(12)8-22-14-6-5-9(21)7-11(14)16/h2-7,20-21H,8H2,1H3. The number of benzene rings is 2. The maximum absolute atomic E-state index is 12.5. The molecule has 0 unspecified atom stereocenters. The van der Waals surface area contributed by atoms with E-state index in [1.54, 1.807) is 13.1 Å². The Bertz CT molecular complexity index is 692. The molecule has 0 spiro atoms. The van der Waals surface area contributed by atoms with Gasteiger partial charge in [-0.25, -0.2) is 0 Å². The summed E-state index contributed by atoms with van der Waals surface area (Å²) in [6, 6.07) is 8.28. The molecule has 2 rings (SSSR count). The van der Waals surface area contributed by atoms with Crippen LogP contribution in [0.1, 0.15) is 5.56 Å². The van der Waals surface area contributed by atoms with Gasteiger partial charge in [-0.1, -0.05) is 17.7 Å². The third-order valence-electron chi connectivity index (χ3n) is 2.92. The van der Waals surface area contributed by atoms with Crippen LogP contribution in [0.4, 0.5) is 18.9 Å². The normalized spacial score (nSPS) is 11.2. The number of hydrogen-bond donors (Lipinski definition) is 2. The second kappa shape index (κ2) is 6.87. The van der Waals surface area contributed by atoms with Gasteiger partial charge in [0.2, 0.25) is 0 Å².